The van der Waals surface area contributed by atoms with Crippen LogP contribution in [0.1, 0.15) is 148 Å². The molecule has 0 aliphatic carbocycles. The molecule has 0 radical (unpaired) electrons. The van der Waals surface area contributed by atoms with E-state index in [0.29, 0.717) is 0 Å². The summed E-state index contributed by atoms with van der Waals surface area (Å²) in [6, 6.07) is 9.07. The number of halogens is 1. The van der Waals surface area contributed by atoms with Crippen molar-refractivity contribution in [1.29, 1.82) is 0 Å². The minimum atomic E-state index is 0.885. The summed E-state index contributed by atoms with van der Waals surface area (Å²) in [7, 11) is 0. The van der Waals surface area contributed by atoms with Crippen LogP contribution in [0.4, 0.5) is 0 Å². The average Bonchev–Trinajstić information content (AvgIpc) is 2.78. The van der Waals surface area contributed by atoms with Gasteiger partial charge in [0.2, 0.25) is 0 Å². The first-order valence-corrected chi connectivity index (χ1v) is 14.8. The van der Waals surface area contributed by atoms with Gasteiger partial charge in [0.05, 0.1) is 0 Å². The zero-order valence-electron chi connectivity index (χ0n) is 21.1. The van der Waals surface area contributed by atoms with E-state index in [2.05, 4.69) is 54.0 Å². The van der Waals surface area contributed by atoms with Crippen molar-refractivity contribution in [3.8, 4) is 0 Å². The van der Waals surface area contributed by atoms with E-state index >= 15 is 0 Å². The zero-order valence-corrected chi connectivity index (χ0v) is 22.7. The molecule has 0 aliphatic rings. The molecule has 1 aromatic carbocycles. The van der Waals surface area contributed by atoms with Gasteiger partial charge in [-0.15, -0.1) is 0 Å². The van der Waals surface area contributed by atoms with Gasteiger partial charge < -0.3 is 0 Å². The fraction of sp³-hybridized carbons (Fsp3) is 0.800. The Morgan fingerprint density at radius 2 is 0.871 bits per heavy atom. The molecule has 0 bridgehead atoms. The summed E-state index contributed by atoms with van der Waals surface area (Å²) in [5.41, 5.74) is 1.53. The molecule has 0 saturated heterocycles. The van der Waals surface area contributed by atoms with Gasteiger partial charge in [-0.3, -0.25) is 0 Å². The van der Waals surface area contributed by atoms with Gasteiger partial charge in [-0.1, -0.05) is 170 Å². The molecule has 0 heterocycles. The summed E-state index contributed by atoms with van der Waals surface area (Å²) >= 11 is 3.58. The fourth-order valence-corrected chi connectivity index (χ4v) is 5.05. The van der Waals surface area contributed by atoms with Crippen molar-refractivity contribution >= 4 is 15.9 Å². The predicted octanol–water partition coefficient (Wildman–Crippen LogP) is 11.4. The third-order valence-corrected chi connectivity index (χ3v) is 7.40. The highest BCUT2D eigenvalue weighted by atomic mass is 79.9. The van der Waals surface area contributed by atoms with Crippen LogP contribution in [0.25, 0.3) is 0 Å². The van der Waals surface area contributed by atoms with Crippen LogP contribution in [0.5, 0.6) is 0 Å². The molecular weight excluding hydrogens is 440 g/mol. The van der Waals surface area contributed by atoms with Gasteiger partial charge >= 0.3 is 0 Å². The predicted molar refractivity (Wildman–Crippen MR) is 145 cm³/mol. The van der Waals surface area contributed by atoms with Crippen molar-refractivity contribution in [2.45, 2.75) is 149 Å². The minimum absolute atomic E-state index is 0.885. The monoisotopic (exact) mass is 492 g/mol. The molecule has 0 saturated carbocycles. The molecule has 1 rings (SSSR count). The number of rotatable bonds is 22. The minimum Gasteiger partial charge on any atom is -0.0654 e. The Labute approximate surface area is 204 Å². The molecule has 0 spiro atoms. The number of unbranched alkanes of at least 4 members (excludes halogenated alkanes) is 16. The molecular formula is C30H53Br. The highest BCUT2D eigenvalue weighted by Gasteiger charge is 2.10. The summed E-state index contributed by atoms with van der Waals surface area (Å²) in [6.07, 6.45) is 30.0. The second kappa shape index (κ2) is 21.5. The molecule has 1 heteroatoms. The van der Waals surface area contributed by atoms with E-state index in [9.17, 15) is 0 Å². The third kappa shape index (κ3) is 17.9. The van der Waals surface area contributed by atoms with E-state index in [4.69, 9.17) is 0 Å². The number of hydrogen-bond acceptors (Lipinski definition) is 0. The Balaban J connectivity index is 2.19. The Kier molecular flexibility index (Phi) is 20.0. The Morgan fingerprint density at radius 1 is 0.516 bits per heavy atom. The SMILES string of the molecule is CCCCCCCCCCCCC(CCCCCCCCCC)Cc1ccc(Br)cc1. The van der Waals surface area contributed by atoms with Gasteiger partial charge in [0.25, 0.3) is 0 Å². The van der Waals surface area contributed by atoms with Gasteiger partial charge in [-0.05, 0) is 30.0 Å². The lowest BCUT2D eigenvalue weighted by Gasteiger charge is -2.17. The Hall–Kier alpha value is -0.300. The van der Waals surface area contributed by atoms with Gasteiger partial charge in [0.1, 0.15) is 0 Å². The standard InChI is InChI=1S/C30H53Br/c1-3-5-7-9-11-13-14-16-18-20-22-28(27-29-23-25-30(31)26-24-29)21-19-17-15-12-10-8-6-4-2/h23-26,28H,3-22,27H2,1-2H3. The molecule has 1 unspecified atom stereocenters. The van der Waals surface area contributed by atoms with Crippen LogP contribution in [0.2, 0.25) is 0 Å². The van der Waals surface area contributed by atoms with Crippen molar-refractivity contribution in [3.05, 3.63) is 34.3 Å². The third-order valence-electron chi connectivity index (χ3n) is 6.87. The molecule has 180 valence electrons. The largest absolute Gasteiger partial charge is 0.0654 e. The van der Waals surface area contributed by atoms with E-state index in [0.717, 1.165) is 5.92 Å². The molecule has 0 amide bonds. The van der Waals surface area contributed by atoms with E-state index in [-0.39, 0.29) is 0 Å². The van der Waals surface area contributed by atoms with Crippen molar-refractivity contribution in [1.82, 2.24) is 0 Å². The van der Waals surface area contributed by atoms with Gasteiger partial charge in [0, 0.05) is 4.47 Å². The summed E-state index contributed by atoms with van der Waals surface area (Å²) in [5, 5.41) is 0. The highest BCUT2D eigenvalue weighted by Crippen LogP contribution is 2.24. The second-order valence-electron chi connectivity index (χ2n) is 9.93. The summed E-state index contributed by atoms with van der Waals surface area (Å²) in [6.45, 7) is 4.61. The first kappa shape index (κ1) is 28.7. The Morgan fingerprint density at radius 3 is 1.26 bits per heavy atom. The Bertz CT molecular complexity index is 478. The second-order valence-corrected chi connectivity index (χ2v) is 10.8. The van der Waals surface area contributed by atoms with Crippen molar-refractivity contribution in [3.63, 3.8) is 0 Å². The lowest BCUT2D eigenvalue weighted by atomic mass is 9.88. The first-order chi connectivity index (χ1) is 15.3. The maximum Gasteiger partial charge on any atom is 0.0175 e. The van der Waals surface area contributed by atoms with Crippen molar-refractivity contribution < 1.29 is 0 Å². The average molecular weight is 494 g/mol. The van der Waals surface area contributed by atoms with Crippen LogP contribution < -0.4 is 0 Å². The summed E-state index contributed by atoms with van der Waals surface area (Å²) in [4.78, 5) is 0. The number of hydrogen-bond donors (Lipinski definition) is 0. The molecule has 0 N–H and O–H groups in total. The van der Waals surface area contributed by atoms with E-state index in [1.807, 2.05) is 0 Å². The fourth-order valence-electron chi connectivity index (χ4n) is 4.79. The topological polar surface area (TPSA) is 0 Å². The van der Waals surface area contributed by atoms with Crippen LogP contribution in [0.15, 0.2) is 28.7 Å². The van der Waals surface area contributed by atoms with Crippen molar-refractivity contribution in [2.75, 3.05) is 0 Å². The maximum atomic E-state index is 3.58. The molecule has 0 fully saturated rings. The van der Waals surface area contributed by atoms with Crippen LogP contribution in [-0.2, 0) is 6.42 Å². The van der Waals surface area contributed by atoms with Crippen LogP contribution in [-0.4, -0.2) is 0 Å². The smallest absolute Gasteiger partial charge is 0.0175 e. The van der Waals surface area contributed by atoms with E-state index < -0.39 is 0 Å². The molecule has 0 nitrogen and oxygen atoms in total. The van der Waals surface area contributed by atoms with E-state index in [1.54, 1.807) is 0 Å². The molecule has 0 aromatic heterocycles. The quantitative estimate of drug-likeness (QED) is 0.141. The lowest BCUT2D eigenvalue weighted by Crippen LogP contribution is -2.05. The molecule has 1 atom stereocenters. The van der Waals surface area contributed by atoms with Crippen LogP contribution in [0.3, 0.4) is 0 Å². The number of benzene rings is 1. The van der Waals surface area contributed by atoms with E-state index in [1.165, 1.54) is 145 Å². The van der Waals surface area contributed by atoms with Gasteiger partial charge in [-0.2, -0.15) is 0 Å². The zero-order chi connectivity index (χ0) is 22.4. The van der Waals surface area contributed by atoms with Gasteiger partial charge in [0.15, 0.2) is 0 Å². The maximum absolute atomic E-state index is 3.58. The van der Waals surface area contributed by atoms with Crippen LogP contribution >= 0.6 is 15.9 Å². The summed E-state index contributed by atoms with van der Waals surface area (Å²) < 4.78 is 1.20. The van der Waals surface area contributed by atoms with Crippen LogP contribution in [0, 0.1) is 5.92 Å². The highest BCUT2D eigenvalue weighted by molar-refractivity contribution is 9.10. The lowest BCUT2D eigenvalue weighted by molar-refractivity contribution is 0.400. The first-order valence-electron chi connectivity index (χ1n) is 14.0. The normalized spacial score (nSPS) is 12.4. The molecule has 31 heavy (non-hydrogen) atoms. The summed E-state index contributed by atoms with van der Waals surface area (Å²) in [5.74, 6) is 0.885. The van der Waals surface area contributed by atoms with Gasteiger partial charge in [-0.25, -0.2) is 0 Å². The molecule has 0 aliphatic heterocycles. The molecule has 1 aromatic rings. The van der Waals surface area contributed by atoms with Crippen molar-refractivity contribution in [2.24, 2.45) is 5.92 Å².